The molecular weight excluding hydrogens is 212 g/mol. The molecule has 6 heteroatoms. The fourth-order valence-electron chi connectivity index (χ4n) is 1.24. The third kappa shape index (κ3) is 3.38. The van der Waals surface area contributed by atoms with E-state index in [0.717, 1.165) is 0 Å². The molecular formula is C10H14N2O4. The van der Waals surface area contributed by atoms with Crippen molar-refractivity contribution in [2.45, 2.75) is 26.8 Å². The number of H-pyrrole nitrogens is 1. The van der Waals surface area contributed by atoms with E-state index in [1.165, 1.54) is 17.7 Å². The van der Waals surface area contributed by atoms with Crippen molar-refractivity contribution >= 4 is 5.97 Å². The molecule has 16 heavy (non-hydrogen) atoms. The predicted octanol–water partition coefficient (Wildman–Crippen LogP) is -0.202. The van der Waals surface area contributed by atoms with Crippen LogP contribution in [0.5, 0.6) is 0 Å². The number of esters is 1. The van der Waals surface area contributed by atoms with E-state index in [-0.39, 0.29) is 18.1 Å². The molecule has 0 aromatic carbocycles. The lowest BCUT2D eigenvalue weighted by molar-refractivity contribution is -0.141. The molecule has 0 saturated heterocycles. The van der Waals surface area contributed by atoms with Gasteiger partial charge in [0.05, 0.1) is 6.61 Å². The van der Waals surface area contributed by atoms with E-state index in [0.29, 0.717) is 18.5 Å². The first-order chi connectivity index (χ1) is 7.50. The number of carbonyl (C=O) groups is 1. The highest BCUT2D eigenvalue weighted by molar-refractivity contribution is 5.65. The number of nitrogens with zero attached hydrogens (tertiary/aromatic N) is 1. The van der Waals surface area contributed by atoms with Crippen molar-refractivity contribution in [3.8, 4) is 0 Å². The SMILES string of the molecule is CC(=O)OCCCn1cc(C)c(=O)[nH]c1=O. The van der Waals surface area contributed by atoms with Gasteiger partial charge in [-0.25, -0.2) is 4.79 Å². The Morgan fingerprint density at radius 3 is 2.81 bits per heavy atom. The molecule has 0 bridgehead atoms. The van der Waals surface area contributed by atoms with Crippen molar-refractivity contribution in [3.63, 3.8) is 0 Å². The van der Waals surface area contributed by atoms with Gasteiger partial charge in [0.15, 0.2) is 0 Å². The minimum atomic E-state index is -0.446. The molecule has 0 aliphatic heterocycles. The number of ether oxygens (including phenoxy) is 1. The van der Waals surface area contributed by atoms with E-state index in [1.54, 1.807) is 6.92 Å². The summed E-state index contributed by atoms with van der Waals surface area (Å²) in [6.45, 7) is 3.63. The van der Waals surface area contributed by atoms with Gasteiger partial charge in [-0.1, -0.05) is 0 Å². The molecule has 0 aliphatic carbocycles. The molecule has 0 radical (unpaired) electrons. The summed E-state index contributed by atoms with van der Waals surface area (Å²) >= 11 is 0. The van der Waals surface area contributed by atoms with Crippen LogP contribution in [0.3, 0.4) is 0 Å². The lowest BCUT2D eigenvalue weighted by atomic mass is 10.3. The predicted molar refractivity (Wildman–Crippen MR) is 57.3 cm³/mol. The topological polar surface area (TPSA) is 81.2 Å². The highest BCUT2D eigenvalue weighted by Gasteiger charge is 2.00. The summed E-state index contributed by atoms with van der Waals surface area (Å²) in [7, 11) is 0. The lowest BCUT2D eigenvalue weighted by Crippen LogP contribution is -2.31. The standard InChI is InChI=1S/C10H14N2O4/c1-7-6-12(10(15)11-9(7)14)4-3-5-16-8(2)13/h6H,3-5H2,1-2H3,(H,11,14,15). The summed E-state index contributed by atoms with van der Waals surface area (Å²) in [5.41, 5.74) is -0.341. The van der Waals surface area contributed by atoms with Crippen LogP contribution in [0, 0.1) is 6.92 Å². The van der Waals surface area contributed by atoms with Gasteiger partial charge in [-0.3, -0.25) is 14.6 Å². The molecule has 0 atom stereocenters. The molecule has 0 unspecified atom stereocenters. The van der Waals surface area contributed by atoms with Crippen molar-refractivity contribution in [1.29, 1.82) is 0 Å². The average Bonchev–Trinajstić information content (AvgIpc) is 2.19. The van der Waals surface area contributed by atoms with Crippen molar-refractivity contribution < 1.29 is 9.53 Å². The molecule has 0 fully saturated rings. The Balaban J connectivity index is 2.61. The largest absolute Gasteiger partial charge is 0.466 e. The third-order valence-electron chi connectivity index (χ3n) is 2.04. The maximum Gasteiger partial charge on any atom is 0.328 e. The first-order valence-electron chi connectivity index (χ1n) is 4.94. The minimum absolute atomic E-state index is 0.264. The Hall–Kier alpha value is -1.85. The van der Waals surface area contributed by atoms with E-state index < -0.39 is 5.69 Å². The molecule has 1 aromatic heterocycles. The monoisotopic (exact) mass is 226 g/mol. The van der Waals surface area contributed by atoms with Crippen LogP contribution in [0.25, 0.3) is 0 Å². The van der Waals surface area contributed by atoms with Gasteiger partial charge >= 0.3 is 11.7 Å². The summed E-state index contributed by atoms with van der Waals surface area (Å²) < 4.78 is 6.12. The fraction of sp³-hybridized carbons (Fsp3) is 0.500. The zero-order valence-corrected chi connectivity index (χ0v) is 9.28. The Labute approximate surface area is 91.9 Å². The van der Waals surface area contributed by atoms with Crippen molar-refractivity contribution in [2.24, 2.45) is 0 Å². The number of hydrogen-bond donors (Lipinski definition) is 1. The molecule has 0 spiro atoms. The maximum absolute atomic E-state index is 11.3. The molecule has 6 nitrogen and oxygen atoms in total. The highest BCUT2D eigenvalue weighted by Crippen LogP contribution is 1.90. The zero-order chi connectivity index (χ0) is 12.1. The normalized spacial score (nSPS) is 10.1. The van der Waals surface area contributed by atoms with Crippen LogP contribution in [-0.2, 0) is 16.1 Å². The second-order valence-corrected chi connectivity index (χ2v) is 3.46. The van der Waals surface area contributed by atoms with Crippen molar-refractivity contribution in [3.05, 3.63) is 32.6 Å². The lowest BCUT2D eigenvalue weighted by Gasteiger charge is -2.05. The first kappa shape index (κ1) is 12.2. The third-order valence-corrected chi connectivity index (χ3v) is 2.04. The maximum atomic E-state index is 11.3. The van der Waals surface area contributed by atoms with Gasteiger partial charge in [-0.15, -0.1) is 0 Å². The summed E-state index contributed by atoms with van der Waals surface area (Å²) in [4.78, 5) is 35.1. The van der Waals surface area contributed by atoms with E-state index in [9.17, 15) is 14.4 Å². The summed E-state index contributed by atoms with van der Waals surface area (Å²) in [6.07, 6.45) is 2.03. The molecule has 0 amide bonds. The number of aromatic amines is 1. The van der Waals surface area contributed by atoms with Crippen LogP contribution in [0.2, 0.25) is 0 Å². The van der Waals surface area contributed by atoms with Gasteiger partial charge in [-0.05, 0) is 13.3 Å². The van der Waals surface area contributed by atoms with Gasteiger partial charge in [0.1, 0.15) is 0 Å². The summed E-state index contributed by atoms with van der Waals surface area (Å²) in [5.74, 6) is -0.343. The number of rotatable bonds is 4. The zero-order valence-electron chi connectivity index (χ0n) is 9.28. The summed E-state index contributed by atoms with van der Waals surface area (Å²) in [5, 5.41) is 0. The Kier molecular flexibility index (Phi) is 4.04. The van der Waals surface area contributed by atoms with Gasteiger partial charge in [0.25, 0.3) is 5.56 Å². The number of aryl methyl sites for hydroxylation is 2. The molecule has 1 aromatic rings. The van der Waals surface area contributed by atoms with Crippen LogP contribution in [-0.4, -0.2) is 22.1 Å². The fourth-order valence-corrected chi connectivity index (χ4v) is 1.24. The first-order valence-corrected chi connectivity index (χ1v) is 4.94. The Bertz CT molecular complexity index is 486. The van der Waals surface area contributed by atoms with Crippen molar-refractivity contribution in [2.75, 3.05) is 6.61 Å². The Morgan fingerprint density at radius 2 is 2.19 bits per heavy atom. The number of carbonyl (C=O) groups excluding carboxylic acids is 1. The highest BCUT2D eigenvalue weighted by atomic mass is 16.5. The molecule has 1 rings (SSSR count). The second-order valence-electron chi connectivity index (χ2n) is 3.46. The molecule has 1 N–H and O–H groups in total. The van der Waals surface area contributed by atoms with Crippen LogP contribution in [0.15, 0.2) is 15.8 Å². The van der Waals surface area contributed by atoms with Gasteiger partial charge in [-0.2, -0.15) is 0 Å². The van der Waals surface area contributed by atoms with Crippen LogP contribution in [0.4, 0.5) is 0 Å². The smallest absolute Gasteiger partial charge is 0.328 e. The van der Waals surface area contributed by atoms with Gasteiger partial charge in [0.2, 0.25) is 0 Å². The molecule has 1 heterocycles. The number of hydrogen-bond acceptors (Lipinski definition) is 4. The van der Waals surface area contributed by atoms with E-state index in [4.69, 9.17) is 4.74 Å². The van der Waals surface area contributed by atoms with E-state index in [2.05, 4.69) is 4.98 Å². The molecule has 0 saturated carbocycles. The second kappa shape index (κ2) is 5.29. The van der Waals surface area contributed by atoms with E-state index >= 15 is 0 Å². The number of nitrogens with one attached hydrogen (secondary N) is 1. The molecule has 0 aliphatic rings. The van der Waals surface area contributed by atoms with Gasteiger partial charge < -0.3 is 9.30 Å². The van der Waals surface area contributed by atoms with Gasteiger partial charge in [0, 0.05) is 25.2 Å². The van der Waals surface area contributed by atoms with Crippen molar-refractivity contribution in [1.82, 2.24) is 9.55 Å². The minimum Gasteiger partial charge on any atom is -0.466 e. The average molecular weight is 226 g/mol. The summed E-state index contributed by atoms with van der Waals surface area (Å²) in [6, 6.07) is 0. The van der Waals surface area contributed by atoms with Crippen LogP contribution < -0.4 is 11.2 Å². The van der Waals surface area contributed by atoms with E-state index in [1.807, 2.05) is 0 Å². The number of aromatic nitrogens is 2. The quantitative estimate of drug-likeness (QED) is 0.569. The Morgan fingerprint density at radius 1 is 1.50 bits per heavy atom. The van der Waals surface area contributed by atoms with Crippen LogP contribution >= 0.6 is 0 Å². The van der Waals surface area contributed by atoms with Crippen LogP contribution in [0.1, 0.15) is 18.9 Å². The molecule has 88 valence electrons.